The lowest BCUT2D eigenvalue weighted by atomic mass is 10.1. The van der Waals surface area contributed by atoms with Crippen molar-refractivity contribution in [3.8, 4) is 5.75 Å². The van der Waals surface area contributed by atoms with Crippen LogP contribution in [0.2, 0.25) is 0 Å². The summed E-state index contributed by atoms with van der Waals surface area (Å²) in [6.07, 6.45) is 0.815. The van der Waals surface area contributed by atoms with E-state index in [9.17, 15) is 8.78 Å². The first-order valence-corrected chi connectivity index (χ1v) is 4.43. The lowest BCUT2D eigenvalue weighted by Crippen LogP contribution is -2.08. The Bertz CT molecular complexity index is 279. The van der Waals surface area contributed by atoms with E-state index in [1.807, 2.05) is 6.92 Å². The zero-order chi connectivity index (χ0) is 10.6. The zero-order valence-corrected chi connectivity index (χ0v) is 9.14. The summed E-state index contributed by atoms with van der Waals surface area (Å²) in [5.41, 5.74) is 6.68. The Hall–Kier alpha value is -0.870. The van der Waals surface area contributed by atoms with Gasteiger partial charge in [-0.15, -0.1) is 12.4 Å². The lowest BCUT2D eigenvalue weighted by Gasteiger charge is -2.10. The Morgan fingerprint density at radius 3 is 2.20 bits per heavy atom. The number of rotatable bonds is 4. The molecule has 0 aromatic heterocycles. The van der Waals surface area contributed by atoms with Crippen LogP contribution >= 0.6 is 12.4 Å². The van der Waals surface area contributed by atoms with E-state index in [-0.39, 0.29) is 24.2 Å². The van der Waals surface area contributed by atoms with Crippen molar-refractivity contribution < 1.29 is 13.5 Å². The summed E-state index contributed by atoms with van der Waals surface area (Å²) in [6.45, 7) is -0.811. The van der Waals surface area contributed by atoms with Crippen LogP contribution in [0.15, 0.2) is 24.3 Å². The van der Waals surface area contributed by atoms with E-state index in [0.29, 0.717) is 0 Å². The minimum Gasteiger partial charge on any atom is -0.435 e. The number of benzene rings is 1. The summed E-state index contributed by atoms with van der Waals surface area (Å²) in [5, 5.41) is 0. The molecule has 1 atom stereocenters. The number of hydrogen-bond acceptors (Lipinski definition) is 2. The minimum absolute atomic E-state index is 0. The van der Waals surface area contributed by atoms with Gasteiger partial charge in [-0.2, -0.15) is 8.78 Å². The molecule has 5 heteroatoms. The molecule has 86 valence electrons. The molecule has 1 rings (SSSR count). The molecule has 1 aromatic rings. The van der Waals surface area contributed by atoms with Gasteiger partial charge in [-0.25, -0.2) is 0 Å². The van der Waals surface area contributed by atoms with Gasteiger partial charge >= 0.3 is 6.61 Å². The normalized spacial score (nSPS) is 12.1. The molecule has 0 aliphatic heterocycles. The average molecular weight is 238 g/mol. The Morgan fingerprint density at radius 1 is 1.27 bits per heavy atom. The molecular formula is C10H14ClF2NO. The first-order chi connectivity index (χ1) is 6.63. The van der Waals surface area contributed by atoms with Crippen LogP contribution in [-0.2, 0) is 0 Å². The highest BCUT2D eigenvalue weighted by Gasteiger charge is 2.06. The van der Waals surface area contributed by atoms with Crippen molar-refractivity contribution in [1.82, 2.24) is 0 Å². The summed E-state index contributed by atoms with van der Waals surface area (Å²) in [5.74, 6) is 0.159. The predicted octanol–water partition coefficient (Wildman–Crippen LogP) is 3.12. The summed E-state index contributed by atoms with van der Waals surface area (Å²) >= 11 is 0. The summed E-state index contributed by atoms with van der Waals surface area (Å²) in [7, 11) is 0. The number of ether oxygens (including phenoxy) is 1. The van der Waals surface area contributed by atoms with Crippen molar-refractivity contribution in [1.29, 1.82) is 0 Å². The second-order valence-electron chi connectivity index (χ2n) is 2.96. The van der Waals surface area contributed by atoms with Gasteiger partial charge in [0.2, 0.25) is 0 Å². The van der Waals surface area contributed by atoms with Crippen LogP contribution in [0.4, 0.5) is 8.78 Å². The van der Waals surface area contributed by atoms with Gasteiger partial charge in [-0.05, 0) is 24.1 Å². The van der Waals surface area contributed by atoms with Gasteiger partial charge in [0.25, 0.3) is 0 Å². The third-order valence-electron chi connectivity index (χ3n) is 1.97. The molecule has 2 nitrogen and oxygen atoms in total. The third kappa shape index (κ3) is 4.44. The molecule has 15 heavy (non-hydrogen) atoms. The van der Waals surface area contributed by atoms with E-state index >= 15 is 0 Å². The highest BCUT2D eigenvalue weighted by Crippen LogP contribution is 2.19. The molecule has 0 aliphatic rings. The van der Waals surface area contributed by atoms with E-state index in [1.165, 1.54) is 12.1 Å². The molecule has 1 unspecified atom stereocenters. The Labute approximate surface area is 93.8 Å². The number of halogens is 3. The van der Waals surface area contributed by atoms with E-state index in [2.05, 4.69) is 4.74 Å². The summed E-state index contributed by atoms with van der Waals surface area (Å²) in [4.78, 5) is 0. The molecule has 0 saturated carbocycles. The molecular weight excluding hydrogens is 224 g/mol. The van der Waals surface area contributed by atoms with Gasteiger partial charge in [0, 0.05) is 6.04 Å². The molecule has 0 bridgehead atoms. The van der Waals surface area contributed by atoms with Gasteiger partial charge < -0.3 is 10.5 Å². The average Bonchev–Trinajstić information content (AvgIpc) is 2.17. The van der Waals surface area contributed by atoms with Crippen LogP contribution in [0, 0.1) is 0 Å². The van der Waals surface area contributed by atoms with E-state index in [4.69, 9.17) is 5.73 Å². The van der Waals surface area contributed by atoms with Crippen molar-refractivity contribution in [2.45, 2.75) is 26.0 Å². The third-order valence-corrected chi connectivity index (χ3v) is 1.97. The first-order valence-electron chi connectivity index (χ1n) is 4.43. The van der Waals surface area contributed by atoms with E-state index < -0.39 is 6.61 Å². The SMILES string of the molecule is CCC(N)c1ccc(OC(F)F)cc1.Cl. The lowest BCUT2D eigenvalue weighted by molar-refractivity contribution is -0.0498. The molecule has 0 saturated heterocycles. The van der Waals surface area contributed by atoms with Crippen LogP contribution in [0.3, 0.4) is 0 Å². The maximum absolute atomic E-state index is 11.8. The van der Waals surface area contributed by atoms with Crippen molar-refractivity contribution in [3.05, 3.63) is 29.8 Å². The molecule has 0 radical (unpaired) electrons. The van der Waals surface area contributed by atoms with Crippen molar-refractivity contribution >= 4 is 12.4 Å². The largest absolute Gasteiger partial charge is 0.435 e. The molecule has 0 fully saturated rings. The fourth-order valence-electron chi connectivity index (χ4n) is 1.13. The van der Waals surface area contributed by atoms with Crippen LogP contribution < -0.4 is 10.5 Å². The van der Waals surface area contributed by atoms with Gasteiger partial charge in [-0.3, -0.25) is 0 Å². The highest BCUT2D eigenvalue weighted by atomic mass is 35.5. The van der Waals surface area contributed by atoms with Crippen LogP contribution in [0.25, 0.3) is 0 Å². The number of hydrogen-bond donors (Lipinski definition) is 1. The van der Waals surface area contributed by atoms with E-state index in [0.717, 1.165) is 12.0 Å². The minimum atomic E-state index is -2.78. The zero-order valence-electron chi connectivity index (χ0n) is 8.32. The molecule has 0 aliphatic carbocycles. The van der Waals surface area contributed by atoms with Crippen molar-refractivity contribution in [2.75, 3.05) is 0 Å². The smallest absolute Gasteiger partial charge is 0.387 e. The molecule has 0 amide bonds. The molecule has 0 spiro atoms. The summed E-state index contributed by atoms with van der Waals surface area (Å²) < 4.78 is 27.8. The van der Waals surface area contributed by atoms with Crippen LogP contribution in [0.1, 0.15) is 24.9 Å². The fourth-order valence-corrected chi connectivity index (χ4v) is 1.13. The topological polar surface area (TPSA) is 35.2 Å². The number of alkyl halides is 2. The van der Waals surface area contributed by atoms with Gasteiger partial charge in [0.05, 0.1) is 0 Å². The number of nitrogens with two attached hydrogens (primary N) is 1. The maximum Gasteiger partial charge on any atom is 0.387 e. The Balaban J connectivity index is 0.00000196. The monoisotopic (exact) mass is 237 g/mol. The van der Waals surface area contributed by atoms with Crippen LogP contribution in [0.5, 0.6) is 5.75 Å². The van der Waals surface area contributed by atoms with Crippen molar-refractivity contribution in [3.63, 3.8) is 0 Å². The highest BCUT2D eigenvalue weighted by molar-refractivity contribution is 5.85. The Kier molecular flexibility index (Phi) is 6.20. The summed E-state index contributed by atoms with van der Waals surface area (Å²) in [6, 6.07) is 6.35. The van der Waals surface area contributed by atoms with E-state index in [1.54, 1.807) is 12.1 Å². The van der Waals surface area contributed by atoms with Gasteiger partial charge in [-0.1, -0.05) is 19.1 Å². The van der Waals surface area contributed by atoms with Crippen molar-refractivity contribution in [2.24, 2.45) is 5.73 Å². The second-order valence-corrected chi connectivity index (χ2v) is 2.96. The predicted molar refractivity (Wildman–Crippen MR) is 57.5 cm³/mol. The maximum atomic E-state index is 11.8. The molecule has 1 aromatic carbocycles. The standard InChI is InChI=1S/C10H13F2NO.ClH/c1-2-9(13)7-3-5-8(6-4-7)14-10(11)12;/h3-6,9-10H,2,13H2,1H3;1H. The van der Waals surface area contributed by atoms with Crippen LogP contribution in [-0.4, -0.2) is 6.61 Å². The molecule has 0 heterocycles. The fraction of sp³-hybridized carbons (Fsp3) is 0.400. The second kappa shape index (κ2) is 6.58. The van der Waals surface area contributed by atoms with Gasteiger partial charge in [0.15, 0.2) is 0 Å². The quantitative estimate of drug-likeness (QED) is 0.873. The van der Waals surface area contributed by atoms with Gasteiger partial charge in [0.1, 0.15) is 5.75 Å². The Morgan fingerprint density at radius 2 is 1.80 bits per heavy atom. The first kappa shape index (κ1) is 14.1. The molecule has 2 N–H and O–H groups in total.